The third-order valence-corrected chi connectivity index (χ3v) is 4.71. The van der Waals surface area contributed by atoms with Crippen molar-refractivity contribution in [1.29, 1.82) is 5.41 Å². The van der Waals surface area contributed by atoms with Crippen LogP contribution in [0.15, 0.2) is 60.4 Å². The summed E-state index contributed by atoms with van der Waals surface area (Å²) in [5, 5.41) is 10.8. The summed E-state index contributed by atoms with van der Waals surface area (Å²) in [5.74, 6) is 3.11. The molecule has 2 N–H and O–H groups in total. The number of rotatable bonds is 3. The second kappa shape index (κ2) is 7.01. The zero-order valence-corrected chi connectivity index (χ0v) is 14.7. The molecular weight excluding hydrogens is 338 g/mol. The summed E-state index contributed by atoms with van der Waals surface area (Å²) in [4.78, 5) is 1.10. The molecule has 0 unspecified atom stereocenters. The Labute approximate surface area is 151 Å². The van der Waals surface area contributed by atoms with Gasteiger partial charge in [0, 0.05) is 12.1 Å². The molecule has 0 aliphatic carbocycles. The van der Waals surface area contributed by atoms with Crippen molar-refractivity contribution in [3.8, 4) is 5.75 Å². The van der Waals surface area contributed by atoms with Crippen molar-refractivity contribution in [2.45, 2.75) is 12.0 Å². The molecule has 6 heteroatoms. The van der Waals surface area contributed by atoms with Gasteiger partial charge in [-0.1, -0.05) is 42.6 Å². The molecule has 1 fully saturated rings. The Morgan fingerprint density at radius 2 is 1.79 bits per heavy atom. The van der Waals surface area contributed by atoms with Gasteiger partial charge in [0.1, 0.15) is 10.7 Å². The highest BCUT2D eigenvalue weighted by atomic mass is 32.1. The zero-order chi connectivity index (χ0) is 17.1. The lowest BCUT2D eigenvalue weighted by molar-refractivity contribution is -0.708. The molecule has 1 saturated heterocycles. The topological polar surface area (TPSA) is 49.0 Å². The van der Waals surface area contributed by atoms with Crippen molar-refractivity contribution in [3.63, 3.8) is 0 Å². The summed E-state index contributed by atoms with van der Waals surface area (Å²) in [6.07, 6.45) is 3.93. The van der Waals surface area contributed by atoms with E-state index in [2.05, 4.69) is 11.2 Å². The monoisotopic (exact) mass is 354 g/mol. The van der Waals surface area contributed by atoms with Crippen molar-refractivity contribution in [2.75, 3.05) is 7.11 Å². The molecule has 24 heavy (non-hydrogen) atoms. The summed E-state index contributed by atoms with van der Waals surface area (Å²) < 4.78 is 7.27. The minimum Gasteiger partial charge on any atom is -0.497 e. The molecule has 0 spiro atoms. The molecule has 1 aliphatic heterocycles. The van der Waals surface area contributed by atoms with Crippen molar-refractivity contribution >= 4 is 40.3 Å². The maximum Gasteiger partial charge on any atom is 0.219 e. The molecular formula is C18H16N3OS2+. The normalized spacial score (nSPS) is 20.3. The first-order valence-corrected chi connectivity index (χ1v) is 8.22. The molecule has 0 bridgehead atoms. The molecule has 1 aromatic carbocycles. The number of piperidine rings is 1. The fraction of sp³-hybridized carbons (Fsp3) is 0.167. The van der Waals surface area contributed by atoms with E-state index in [9.17, 15) is 0 Å². The van der Waals surface area contributed by atoms with Crippen LogP contribution in [0, 0.1) is 5.41 Å². The van der Waals surface area contributed by atoms with E-state index < -0.39 is 0 Å². The van der Waals surface area contributed by atoms with Gasteiger partial charge in [-0.3, -0.25) is 5.41 Å². The molecule has 2 atom stereocenters. The minimum absolute atomic E-state index is 0.172. The lowest BCUT2D eigenvalue weighted by Crippen LogP contribution is -2.55. The maximum atomic E-state index is 7.71. The van der Waals surface area contributed by atoms with Crippen molar-refractivity contribution in [2.24, 2.45) is 0 Å². The van der Waals surface area contributed by atoms with Crippen molar-refractivity contribution in [3.05, 3.63) is 66.0 Å². The van der Waals surface area contributed by atoms with Gasteiger partial charge in [0.25, 0.3) is 0 Å². The third kappa shape index (κ3) is 2.99. The highest BCUT2D eigenvalue weighted by Crippen LogP contribution is 2.36. The Morgan fingerprint density at radius 3 is 2.38 bits per heavy atom. The van der Waals surface area contributed by atoms with Gasteiger partial charge in [0.05, 0.1) is 18.6 Å². The van der Waals surface area contributed by atoms with Crippen LogP contribution < -0.4 is 14.6 Å². The summed E-state index contributed by atoms with van der Waals surface area (Å²) in [6.45, 7) is 0. The Hall–Kier alpha value is -2.40. The van der Waals surface area contributed by atoms with E-state index in [0.717, 1.165) is 11.3 Å². The number of aromatic nitrogens is 1. The molecule has 0 saturated carbocycles. The Morgan fingerprint density at radius 1 is 1.12 bits per heavy atom. The molecule has 4 nitrogen and oxygen atoms in total. The second-order valence-corrected chi connectivity index (χ2v) is 6.22. The van der Waals surface area contributed by atoms with E-state index in [1.807, 2.05) is 59.4 Å². The zero-order valence-electron chi connectivity index (χ0n) is 13.0. The SMILES string of the molecule is COc1ccc([C@@H]2C(=C=N)C(=S)NC(=S)[C@H]2[n+]2ccccc2)cc1. The van der Waals surface area contributed by atoms with E-state index >= 15 is 0 Å². The highest BCUT2D eigenvalue weighted by Gasteiger charge is 2.43. The molecule has 1 aromatic heterocycles. The lowest BCUT2D eigenvalue weighted by Gasteiger charge is -2.31. The number of pyridine rings is 1. The summed E-state index contributed by atoms with van der Waals surface area (Å²) in [5.41, 5.74) is 1.64. The van der Waals surface area contributed by atoms with Gasteiger partial charge < -0.3 is 10.1 Å². The smallest absolute Gasteiger partial charge is 0.219 e. The second-order valence-electron chi connectivity index (χ2n) is 5.38. The summed E-state index contributed by atoms with van der Waals surface area (Å²) in [6, 6.07) is 13.4. The summed E-state index contributed by atoms with van der Waals surface area (Å²) >= 11 is 10.9. The molecule has 1 aliphatic rings. The maximum absolute atomic E-state index is 7.71. The number of nitrogens with zero attached hydrogens (tertiary/aromatic N) is 1. The van der Waals surface area contributed by atoms with E-state index in [1.54, 1.807) is 7.11 Å². The van der Waals surface area contributed by atoms with Gasteiger partial charge >= 0.3 is 0 Å². The van der Waals surface area contributed by atoms with Crippen LogP contribution in [0.5, 0.6) is 5.75 Å². The van der Waals surface area contributed by atoms with Crippen LogP contribution in [-0.4, -0.2) is 23.0 Å². The van der Waals surface area contributed by atoms with Crippen molar-refractivity contribution < 1.29 is 9.30 Å². The molecule has 2 heterocycles. The molecule has 120 valence electrons. The third-order valence-electron chi connectivity index (χ3n) is 4.05. The van der Waals surface area contributed by atoms with Crippen LogP contribution in [0.4, 0.5) is 0 Å². The average Bonchev–Trinajstić information content (AvgIpc) is 2.62. The summed E-state index contributed by atoms with van der Waals surface area (Å²) in [7, 11) is 1.63. The average molecular weight is 354 g/mol. The van der Waals surface area contributed by atoms with Crippen LogP contribution in [0.2, 0.25) is 0 Å². The minimum atomic E-state index is -0.179. The van der Waals surface area contributed by atoms with Gasteiger partial charge in [0.15, 0.2) is 17.4 Å². The van der Waals surface area contributed by atoms with Crippen LogP contribution in [0.3, 0.4) is 0 Å². The number of thiocarbonyl (C=S) groups is 2. The van der Waals surface area contributed by atoms with Gasteiger partial charge in [-0.05, 0) is 23.6 Å². The van der Waals surface area contributed by atoms with Gasteiger partial charge in [0.2, 0.25) is 6.04 Å². The van der Waals surface area contributed by atoms with E-state index in [0.29, 0.717) is 15.6 Å². The van der Waals surface area contributed by atoms with Crippen LogP contribution in [0.1, 0.15) is 17.5 Å². The Kier molecular flexibility index (Phi) is 4.81. The Balaban J connectivity index is 2.14. The molecule has 3 rings (SSSR count). The predicted octanol–water partition coefficient (Wildman–Crippen LogP) is 2.74. The molecule has 0 amide bonds. The van der Waals surface area contributed by atoms with E-state index in [-0.39, 0.29) is 12.0 Å². The highest BCUT2D eigenvalue weighted by molar-refractivity contribution is 7.82. The number of ether oxygens (including phenoxy) is 1. The van der Waals surface area contributed by atoms with Crippen molar-refractivity contribution in [1.82, 2.24) is 5.32 Å². The first kappa shape index (κ1) is 16.5. The van der Waals surface area contributed by atoms with Gasteiger partial charge in [-0.25, -0.2) is 0 Å². The van der Waals surface area contributed by atoms with E-state index in [4.69, 9.17) is 34.6 Å². The number of methoxy groups -OCH3 is 1. The predicted molar refractivity (Wildman–Crippen MR) is 101 cm³/mol. The standard InChI is InChI=1S/C18H15N3OS2/c1-22-13-7-5-12(6-8-13)15-14(11-19)17(23)20-18(24)16(15)21-9-3-2-4-10-21/h2-10,15-16,19H,1H3/p+1/t15-,16+/m1/s1. The number of hydrogen-bond acceptors (Lipinski definition) is 4. The lowest BCUT2D eigenvalue weighted by atomic mass is 9.82. The number of nitrogens with one attached hydrogen (secondary N) is 2. The quantitative estimate of drug-likeness (QED) is 0.385. The first-order valence-electron chi connectivity index (χ1n) is 7.40. The van der Waals surface area contributed by atoms with Crippen LogP contribution in [-0.2, 0) is 0 Å². The Bertz CT molecular complexity index is 827. The molecule has 2 aromatic rings. The largest absolute Gasteiger partial charge is 0.497 e. The fourth-order valence-electron chi connectivity index (χ4n) is 2.90. The number of hydrogen-bond donors (Lipinski definition) is 2. The van der Waals surface area contributed by atoms with E-state index in [1.165, 1.54) is 0 Å². The van der Waals surface area contributed by atoms with Gasteiger partial charge in [-0.2, -0.15) is 4.57 Å². The first-order chi connectivity index (χ1) is 11.7. The van der Waals surface area contributed by atoms with Crippen LogP contribution >= 0.6 is 24.4 Å². The molecule has 0 radical (unpaired) electrons. The number of benzene rings is 1. The fourth-order valence-corrected chi connectivity index (χ4v) is 3.62. The van der Waals surface area contributed by atoms with Gasteiger partial charge in [-0.15, -0.1) is 0 Å². The van der Waals surface area contributed by atoms with Crippen LogP contribution in [0.25, 0.3) is 0 Å².